The van der Waals surface area contributed by atoms with Gasteiger partial charge in [0.05, 0.1) is 24.0 Å². The Kier molecular flexibility index (Phi) is 5.86. The number of nitrogen functional groups attached to an aromatic ring is 1. The molecule has 0 aliphatic carbocycles. The van der Waals surface area contributed by atoms with Gasteiger partial charge in [-0.15, -0.1) is 0 Å². The topological polar surface area (TPSA) is 67.5 Å². The van der Waals surface area contributed by atoms with Crippen LogP contribution >= 0.6 is 22.6 Å². The zero-order valence-electron chi connectivity index (χ0n) is 9.24. The van der Waals surface area contributed by atoms with Crippen molar-refractivity contribution in [3.63, 3.8) is 0 Å². The van der Waals surface area contributed by atoms with Gasteiger partial charge in [-0.3, -0.25) is 0 Å². The highest BCUT2D eigenvalue weighted by molar-refractivity contribution is 14.1. The third kappa shape index (κ3) is 4.15. The summed E-state index contributed by atoms with van der Waals surface area (Å²) in [6.07, 6.45) is 0.638. The smallest absolute Gasteiger partial charge is 0.0664 e. The third-order valence-electron chi connectivity index (χ3n) is 2.22. The fraction of sp³-hybridized carbons (Fsp3) is 0.455. The van der Waals surface area contributed by atoms with E-state index in [0.29, 0.717) is 18.7 Å². The van der Waals surface area contributed by atoms with Gasteiger partial charge in [0, 0.05) is 17.3 Å². The fourth-order valence-corrected chi connectivity index (χ4v) is 1.95. The number of hydrogen-bond donors (Lipinski definition) is 3. The molecule has 0 aliphatic rings. The highest BCUT2D eigenvalue weighted by Gasteiger charge is 2.09. The van der Waals surface area contributed by atoms with Gasteiger partial charge in [0.2, 0.25) is 0 Å². The Balaban J connectivity index is 2.68. The molecule has 0 amide bonds. The van der Waals surface area contributed by atoms with Crippen LogP contribution in [-0.4, -0.2) is 31.5 Å². The predicted octanol–water partition coefficient (Wildman–Crippen LogP) is 1.68. The molecule has 0 radical (unpaired) electrons. The standard InChI is InChI=1S/C11H17IN2O2/c1-16-7-9(4-5-15)14-11-3-2-8(12)6-10(11)13/h2-3,6,9,14-15H,4-5,7,13H2,1H3. The zero-order chi connectivity index (χ0) is 12.0. The van der Waals surface area contributed by atoms with E-state index in [1.54, 1.807) is 7.11 Å². The monoisotopic (exact) mass is 336 g/mol. The van der Waals surface area contributed by atoms with Crippen molar-refractivity contribution in [3.8, 4) is 0 Å². The van der Waals surface area contributed by atoms with E-state index in [1.807, 2.05) is 18.2 Å². The molecule has 1 unspecified atom stereocenters. The largest absolute Gasteiger partial charge is 0.397 e. The molecule has 0 heterocycles. The van der Waals surface area contributed by atoms with Crippen LogP contribution in [0.3, 0.4) is 0 Å². The number of rotatable bonds is 6. The molecule has 0 fully saturated rings. The van der Waals surface area contributed by atoms with Gasteiger partial charge < -0.3 is 20.9 Å². The van der Waals surface area contributed by atoms with Gasteiger partial charge in [-0.1, -0.05) is 0 Å². The molecule has 0 saturated carbocycles. The Hall–Kier alpha value is -0.530. The second kappa shape index (κ2) is 6.93. The molecule has 4 N–H and O–H groups in total. The number of aliphatic hydroxyl groups excluding tert-OH is 1. The van der Waals surface area contributed by atoms with E-state index in [-0.39, 0.29) is 12.6 Å². The maximum absolute atomic E-state index is 8.93. The normalized spacial score (nSPS) is 12.4. The van der Waals surface area contributed by atoms with E-state index in [1.165, 1.54) is 0 Å². The maximum atomic E-state index is 8.93. The lowest BCUT2D eigenvalue weighted by atomic mass is 10.2. The SMILES string of the molecule is COCC(CCO)Nc1ccc(I)cc1N. The van der Waals surface area contributed by atoms with Gasteiger partial charge >= 0.3 is 0 Å². The van der Waals surface area contributed by atoms with Crippen LogP contribution < -0.4 is 11.1 Å². The van der Waals surface area contributed by atoms with Crippen molar-refractivity contribution in [1.82, 2.24) is 0 Å². The van der Waals surface area contributed by atoms with Gasteiger partial charge in [0.15, 0.2) is 0 Å². The van der Waals surface area contributed by atoms with Crippen molar-refractivity contribution < 1.29 is 9.84 Å². The quantitative estimate of drug-likeness (QED) is 0.546. The first kappa shape index (κ1) is 13.5. The summed E-state index contributed by atoms with van der Waals surface area (Å²) in [5.41, 5.74) is 7.49. The Morgan fingerprint density at radius 2 is 2.31 bits per heavy atom. The van der Waals surface area contributed by atoms with E-state index >= 15 is 0 Å². The number of benzene rings is 1. The first-order valence-corrected chi connectivity index (χ1v) is 6.16. The Morgan fingerprint density at radius 3 is 2.88 bits per heavy atom. The molecule has 0 saturated heterocycles. The molecule has 1 aromatic carbocycles. The average Bonchev–Trinajstić information content (AvgIpc) is 2.23. The van der Waals surface area contributed by atoms with E-state index in [9.17, 15) is 0 Å². The predicted molar refractivity (Wildman–Crippen MR) is 74.6 cm³/mol. The highest BCUT2D eigenvalue weighted by atomic mass is 127. The van der Waals surface area contributed by atoms with Crippen LogP contribution in [0.2, 0.25) is 0 Å². The molecular formula is C11H17IN2O2. The zero-order valence-corrected chi connectivity index (χ0v) is 11.4. The van der Waals surface area contributed by atoms with Gasteiger partial charge in [0.1, 0.15) is 0 Å². The van der Waals surface area contributed by atoms with Gasteiger partial charge in [-0.05, 0) is 47.2 Å². The molecule has 0 bridgehead atoms. The minimum absolute atomic E-state index is 0.0809. The molecule has 0 aliphatic heterocycles. The van der Waals surface area contributed by atoms with Crippen LogP contribution in [0.25, 0.3) is 0 Å². The molecule has 1 aromatic rings. The number of nitrogens with two attached hydrogens (primary N) is 1. The van der Waals surface area contributed by atoms with Crippen LogP contribution in [0.15, 0.2) is 18.2 Å². The van der Waals surface area contributed by atoms with Crippen molar-refractivity contribution in [2.24, 2.45) is 0 Å². The molecule has 0 spiro atoms. The average molecular weight is 336 g/mol. The summed E-state index contributed by atoms with van der Waals surface area (Å²) in [6, 6.07) is 5.92. The summed E-state index contributed by atoms with van der Waals surface area (Å²) in [4.78, 5) is 0. The fourth-order valence-electron chi connectivity index (χ4n) is 1.44. The number of methoxy groups -OCH3 is 1. The number of nitrogens with one attached hydrogen (secondary N) is 1. The van der Waals surface area contributed by atoms with Gasteiger partial charge in [0.25, 0.3) is 0 Å². The summed E-state index contributed by atoms with van der Waals surface area (Å²) >= 11 is 2.22. The molecule has 5 heteroatoms. The van der Waals surface area contributed by atoms with Crippen LogP contribution in [0.4, 0.5) is 11.4 Å². The number of anilines is 2. The molecule has 4 nitrogen and oxygen atoms in total. The van der Waals surface area contributed by atoms with Crippen molar-refractivity contribution >= 4 is 34.0 Å². The molecule has 0 aromatic heterocycles. The second-order valence-corrected chi connectivity index (χ2v) is 4.79. The minimum atomic E-state index is 0.0809. The number of halogens is 1. The lowest BCUT2D eigenvalue weighted by Crippen LogP contribution is -2.26. The lowest BCUT2D eigenvalue weighted by Gasteiger charge is -2.19. The van der Waals surface area contributed by atoms with Gasteiger partial charge in [-0.25, -0.2) is 0 Å². The Bertz CT molecular complexity index is 328. The summed E-state index contributed by atoms with van der Waals surface area (Å²) < 4.78 is 6.18. The van der Waals surface area contributed by atoms with E-state index in [2.05, 4.69) is 27.9 Å². The van der Waals surface area contributed by atoms with Crippen molar-refractivity contribution in [2.45, 2.75) is 12.5 Å². The van der Waals surface area contributed by atoms with E-state index < -0.39 is 0 Å². The summed E-state index contributed by atoms with van der Waals surface area (Å²) in [7, 11) is 1.64. The minimum Gasteiger partial charge on any atom is -0.397 e. The van der Waals surface area contributed by atoms with E-state index in [4.69, 9.17) is 15.6 Å². The van der Waals surface area contributed by atoms with Gasteiger partial charge in [-0.2, -0.15) is 0 Å². The molecule has 1 atom stereocenters. The van der Waals surface area contributed by atoms with E-state index in [0.717, 1.165) is 9.26 Å². The summed E-state index contributed by atoms with van der Waals surface area (Å²) in [5.74, 6) is 0. The summed E-state index contributed by atoms with van der Waals surface area (Å²) in [5, 5.41) is 12.2. The molecule has 90 valence electrons. The van der Waals surface area contributed by atoms with Crippen LogP contribution in [-0.2, 0) is 4.74 Å². The first-order chi connectivity index (χ1) is 7.67. The van der Waals surface area contributed by atoms with Crippen LogP contribution in [0.1, 0.15) is 6.42 Å². The van der Waals surface area contributed by atoms with Crippen LogP contribution in [0.5, 0.6) is 0 Å². The Labute approximate surface area is 109 Å². The highest BCUT2D eigenvalue weighted by Crippen LogP contribution is 2.22. The second-order valence-electron chi connectivity index (χ2n) is 3.54. The maximum Gasteiger partial charge on any atom is 0.0664 e. The molecule has 1 rings (SSSR count). The van der Waals surface area contributed by atoms with Crippen molar-refractivity contribution in [3.05, 3.63) is 21.8 Å². The number of ether oxygens (including phenoxy) is 1. The number of hydrogen-bond acceptors (Lipinski definition) is 4. The molecular weight excluding hydrogens is 319 g/mol. The van der Waals surface area contributed by atoms with Crippen LogP contribution in [0, 0.1) is 3.57 Å². The van der Waals surface area contributed by atoms with Crippen molar-refractivity contribution in [2.75, 3.05) is 31.4 Å². The number of aliphatic hydroxyl groups is 1. The third-order valence-corrected chi connectivity index (χ3v) is 2.89. The lowest BCUT2D eigenvalue weighted by molar-refractivity contribution is 0.170. The van der Waals surface area contributed by atoms with Crippen molar-refractivity contribution in [1.29, 1.82) is 0 Å². The Morgan fingerprint density at radius 1 is 1.56 bits per heavy atom. The summed E-state index contributed by atoms with van der Waals surface area (Å²) in [6.45, 7) is 0.678. The molecule has 16 heavy (non-hydrogen) atoms. The first-order valence-electron chi connectivity index (χ1n) is 5.08.